The number of Topliss-reactive ketones (excluding diaryl/α,β-unsaturated/α-hetero) is 2. The number of hydrogen-bond acceptors (Lipinski definition) is 6. The molecule has 2 fully saturated rings. The Bertz CT molecular complexity index is 549. The van der Waals surface area contributed by atoms with Gasteiger partial charge in [-0.25, -0.2) is 0 Å². The van der Waals surface area contributed by atoms with Crippen molar-refractivity contribution in [2.45, 2.75) is 84.9 Å². The first-order valence-corrected chi connectivity index (χ1v) is 10.6. The molecule has 2 rings (SSSR count). The van der Waals surface area contributed by atoms with Gasteiger partial charge < -0.3 is 24.1 Å². The van der Waals surface area contributed by atoms with Gasteiger partial charge in [0.1, 0.15) is 11.9 Å². The molecule has 10 atom stereocenters. The fourth-order valence-electron chi connectivity index (χ4n) is 5.30. The fraction of sp³-hybridized carbons (Fsp3) is 0.909. The summed E-state index contributed by atoms with van der Waals surface area (Å²) in [6.07, 6.45) is -0.112. The van der Waals surface area contributed by atoms with E-state index in [9.17, 15) is 14.7 Å². The molecule has 6 nitrogen and oxygen atoms in total. The molecule has 0 amide bonds. The Morgan fingerprint density at radius 2 is 1.57 bits per heavy atom. The molecule has 0 radical (unpaired) electrons. The molecule has 0 aromatic carbocycles. The Balaban J connectivity index is 2.22. The average molecular weight is 399 g/mol. The van der Waals surface area contributed by atoms with Crippen LogP contribution in [-0.4, -0.2) is 60.9 Å². The van der Waals surface area contributed by atoms with E-state index in [4.69, 9.17) is 14.2 Å². The minimum atomic E-state index is -0.569. The maximum atomic E-state index is 12.2. The molecular formula is C22H38O6. The molecule has 162 valence electrons. The van der Waals surface area contributed by atoms with Crippen LogP contribution in [0.5, 0.6) is 0 Å². The zero-order valence-electron chi connectivity index (χ0n) is 18.4. The lowest BCUT2D eigenvalue weighted by atomic mass is 9.69. The van der Waals surface area contributed by atoms with E-state index in [0.29, 0.717) is 12.8 Å². The first-order valence-electron chi connectivity index (χ1n) is 10.6. The summed E-state index contributed by atoms with van der Waals surface area (Å²) < 4.78 is 17.9. The summed E-state index contributed by atoms with van der Waals surface area (Å²) in [7, 11) is 1.63. The van der Waals surface area contributed by atoms with Gasteiger partial charge in [-0.3, -0.25) is 4.79 Å². The standard InChI is InChI=1S/C22H38O6/c1-11(24)8-17-14(4)18(20(10-23)27-16(17)6)9-19-12(2)13(3)21(26-7)22(28-19)15(5)25/h12-14,16-23H,8-10H2,1-7H3/t12?,13-,14-,16+,17?,18+,19+,20?,21+,22?/m1/s1. The molecule has 0 aliphatic carbocycles. The van der Waals surface area contributed by atoms with Crippen molar-refractivity contribution in [2.24, 2.45) is 29.6 Å². The first-order chi connectivity index (χ1) is 13.1. The van der Waals surface area contributed by atoms with Crippen molar-refractivity contribution >= 4 is 11.6 Å². The summed E-state index contributed by atoms with van der Waals surface area (Å²) in [4.78, 5) is 23.9. The van der Waals surface area contributed by atoms with E-state index in [1.54, 1.807) is 21.0 Å². The van der Waals surface area contributed by atoms with E-state index >= 15 is 0 Å². The second-order valence-corrected chi connectivity index (χ2v) is 9.02. The van der Waals surface area contributed by atoms with Gasteiger partial charge in [0.15, 0.2) is 5.78 Å². The molecule has 0 aromatic heterocycles. The van der Waals surface area contributed by atoms with Crippen molar-refractivity contribution in [3.63, 3.8) is 0 Å². The Morgan fingerprint density at radius 1 is 0.929 bits per heavy atom. The molecule has 2 aliphatic heterocycles. The molecule has 0 bridgehead atoms. The van der Waals surface area contributed by atoms with Gasteiger partial charge in [-0.05, 0) is 56.8 Å². The lowest BCUT2D eigenvalue weighted by molar-refractivity contribution is -0.202. The molecule has 0 spiro atoms. The number of methoxy groups -OCH3 is 1. The molecule has 4 unspecified atom stereocenters. The van der Waals surface area contributed by atoms with E-state index in [2.05, 4.69) is 20.8 Å². The van der Waals surface area contributed by atoms with Crippen LogP contribution in [0.1, 0.15) is 54.4 Å². The molecule has 6 heteroatoms. The van der Waals surface area contributed by atoms with Crippen LogP contribution in [0.25, 0.3) is 0 Å². The molecule has 1 N–H and O–H groups in total. The zero-order valence-corrected chi connectivity index (χ0v) is 18.4. The van der Waals surface area contributed by atoms with Crippen LogP contribution in [0, 0.1) is 29.6 Å². The highest BCUT2D eigenvalue weighted by Crippen LogP contribution is 2.43. The van der Waals surface area contributed by atoms with Crippen LogP contribution < -0.4 is 0 Å². The number of aliphatic hydroxyl groups is 1. The van der Waals surface area contributed by atoms with Gasteiger partial charge >= 0.3 is 0 Å². The number of ether oxygens (including phenoxy) is 3. The van der Waals surface area contributed by atoms with Gasteiger partial charge in [0.25, 0.3) is 0 Å². The minimum absolute atomic E-state index is 0.0228. The average Bonchev–Trinajstić information content (AvgIpc) is 2.63. The Labute approximate surface area is 169 Å². The summed E-state index contributed by atoms with van der Waals surface area (Å²) in [6.45, 7) is 11.5. The van der Waals surface area contributed by atoms with Crippen LogP contribution in [0.3, 0.4) is 0 Å². The second-order valence-electron chi connectivity index (χ2n) is 9.02. The molecule has 2 aliphatic rings. The van der Waals surface area contributed by atoms with Gasteiger partial charge in [-0.15, -0.1) is 0 Å². The van der Waals surface area contributed by atoms with E-state index in [0.717, 1.165) is 0 Å². The normalized spacial score (nSPS) is 44.3. The summed E-state index contributed by atoms with van der Waals surface area (Å²) in [6, 6.07) is 0. The summed E-state index contributed by atoms with van der Waals surface area (Å²) in [5.74, 6) is 0.921. The maximum Gasteiger partial charge on any atom is 0.161 e. The minimum Gasteiger partial charge on any atom is -0.394 e. The van der Waals surface area contributed by atoms with Crippen molar-refractivity contribution < 1.29 is 28.9 Å². The van der Waals surface area contributed by atoms with Crippen LogP contribution >= 0.6 is 0 Å². The Hall–Kier alpha value is -0.820. The predicted octanol–water partition coefficient (Wildman–Crippen LogP) is 2.65. The van der Waals surface area contributed by atoms with Crippen LogP contribution in [0.15, 0.2) is 0 Å². The smallest absolute Gasteiger partial charge is 0.161 e. The van der Waals surface area contributed by atoms with Crippen molar-refractivity contribution in [1.82, 2.24) is 0 Å². The SMILES string of the molecule is CO[C@@H]1C(C(C)=O)O[C@@H](C[C@@H]2C(CO)O[C@@H](C)C(CC(C)=O)[C@H]2C)C(C)[C@H]1C. The Morgan fingerprint density at radius 3 is 2.07 bits per heavy atom. The summed E-state index contributed by atoms with van der Waals surface area (Å²) in [5.41, 5.74) is 0. The third-order valence-electron chi connectivity index (χ3n) is 7.25. The predicted molar refractivity (Wildman–Crippen MR) is 106 cm³/mol. The monoisotopic (exact) mass is 398 g/mol. The molecule has 2 heterocycles. The number of hydrogen-bond donors (Lipinski definition) is 1. The van der Waals surface area contributed by atoms with Crippen molar-refractivity contribution in [3.05, 3.63) is 0 Å². The van der Waals surface area contributed by atoms with Crippen molar-refractivity contribution in [3.8, 4) is 0 Å². The van der Waals surface area contributed by atoms with Gasteiger partial charge in [0.05, 0.1) is 31.0 Å². The van der Waals surface area contributed by atoms with Gasteiger partial charge in [0.2, 0.25) is 0 Å². The first kappa shape index (κ1) is 23.5. The molecular weight excluding hydrogens is 360 g/mol. The molecule has 2 saturated heterocycles. The van der Waals surface area contributed by atoms with Gasteiger partial charge in [-0.2, -0.15) is 0 Å². The largest absolute Gasteiger partial charge is 0.394 e. The van der Waals surface area contributed by atoms with E-state index in [1.807, 2.05) is 6.92 Å². The molecule has 0 saturated carbocycles. The van der Waals surface area contributed by atoms with Gasteiger partial charge in [-0.1, -0.05) is 20.8 Å². The fourth-order valence-corrected chi connectivity index (χ4v) is 5.30. The van der Waals surface area contributed by atoms with Crippen molar-refractivity contribution in [1.29, 1.82) is 0 Å². The number of aliphatic hydroxyl groups excluding tert-OH is 1. The molecule has 28 heavy (non-hydrogen) atoms. The summed E-state index contributed by atoms with van der Waals surface area (Å²) >= 11 is 0. The highest BCUT2D eigenvalue weighted by molar-refractivity contribution is 5.81. The number of carbonyl (C=O) groups excluding carboxylic acids is 2. The van der Waals surface area contributed by atoms with E-state index < -0.39 is 6.10 Å². The zero-order chi connectivity index (χ0) is 21.2. The lowest BCUT2D eigenvalue weighted by Gasteiger charge is -2.49. The summed E-state index contributed by atoms with van der Waals surface area (Å²) in [5, 5.41) is 9.93. The van der Waals surface area contributed by atoms with Crippen molar-refractivity contribution in [2.75, 3.05) is 13.7 Å². The van der Waals surface area contributed by atoms with Crippen LogP contribution in [0.4, 0.5) is 0 Å². The second kappa shape index (κ2) is 9.79. The van der Waals surface area contributed by atoms with E-state index in [-0.39, 0.29) is 72.2 Å². The molecule has 0 aromatic rings. The topological polar surface area (TPSA) is 82.1 Å². The maximum absolute atomic E-state index is 12.2. The third-order valence-corrected chi connectivity index (χ3v) is 7.25. The number of ketones is 2. The highest BCUT2D eigenvalue weighted by atomic mass is 16.5. The van der Waals surface area contributed by atoms with Crippen LogP contribution in [-0.2, 0) is 23.8 Å². The van der Waals surface area contributed by atoms with E-state index in [1.165, 1.54) is 0 Å². The number of carbonyl (C=O) groups is 2. The Kier molecular flexibility index (Phi) is 8.20. The lowest BCUT2D eigenvalue weighted by Crippen LogP contribution is -2.55. The number of rotatable bonds is 7. The highest BCUT2D eigenvalue weighted by Gasteiger charge is 2.48. The third kappa shape index (κ3) is 4.84. The van der Waals surface area contributed by atoms with Crippen LogP contribution in [0.2, 0.25) is 0 Å². The quantitative estimate of drug-likeness (QED) is 0.710. The van der Waals surface area contributed by atoms with Gasteiger partial charge in [0, 0.05) is 13.5 Å².